The molecule has 0 unspecified atom stereocenters. The van der Waals surface area contributed by atoms with Crippen molar-refractivity contribution in [3.05, 3.63) is 12.7 Å². The van der Waals surface area contributed by atoms with Gasteiger partial charge in [0.1, 0.15) is 0 Å². The molecule has 0 saturated carbocycles. The zero-order valence-corrected chi connectivity index (χ0v) is 12.8. The Morgan fingerprint density at radius 2 is 1.57 bits per heavy atom. The number of ether oxygens (including phenoxy) is 1. The normalized spacial score (nSPS) is 9.48. The van der Waals surface area contributed by atoms with E-state index in [2.05, 4.69) is 20.4 Å². The lowest BCUT2D eigenvalue weighted by Crippen LogP contribution is -2.01. The number of rotatable bonds is 10. The number of hydrogen-bond acceptors (Lipinski definition) is 4. The number of esters is 1. The van der Waals surface area contributed by atoms with Gasteiger partial charge in [0.2, 0.25) is 0 Å². The van der Waals surface area contributed by atoms with Gasteiger partial charge >= 0.3 is 17.9 Å². The average Bonchev–Trinajstić information content (AvgIpc) is 2.40. The molecule has 6 nitrogen and oxygen atoms in total. The maximum Gasteiger partial charge on any atom is 0.330 e. The van der Waals surface area contributed by atoms with Crippen molar-refractivity contribution >= 4 is 17.9 Å². The van der Waals surface area contributed by atoms with Gasteiger partial charge in [-0.05, 0) is 12.3 Å². The van der Waals surface area contributed by atoms with Crippen molar-refractivity contribution < 1.29 is 29.3 Å². The average molecular weight is 302 g/mol. The van der Waals surface area contributed by atoms with Crippen LogP contribution in [0.3, 0.4) is 0 Å². The van der Waals surface area contributed by atoms with Gasteiger partial charge in [-0.1, -0.05) is 39.7 Å². The molecule has 0 fully saturated rings. The van der Waals surface area contributed by atoms with E-state index in [1.165, 1.54) is 18.9 Å². The summed E-state index contributed by atoms with van der Waals surface area (Å²) in [4.78, 5) is 29.9. The van der Waals surface area contributed by atoms with Gasteiger partial charge in [0.05, 0.1) is 19.4 Å². The molecule has 0 aromatic heterocycles. The summed E-state index contributed by atoms with van der Waals surface area (Å²) in [5.41, 5.74) is 0. The molecule has 0 aliphatic heterocycles. The van der Waals surface area contributed by atoms with Crippen LogP contribution in [0, 0.1) is 5.92 Å². The summed E-state index contributed by atoms with van der Waals surface area (Å²) in [6.07, 6.45) is 5.20. The van der Waals surface area contributed by atoms with Crippen molar-refractivity contribution in [2.45, 2.75) is 52.4 Å². The van der Waals surface area contributed by atoms with E-state index < -0.39 is 11.9 Å². The van der Waals surface area contributed by atoms with Crippen molar-refractivity contribution in [1.82, 2.24) is 0 Å². The molecule has 0 spiro atoms. The highest BCUT2D eigenvalue weighted by molar-refractivity contribution is 5.81. The molecule has 0 aromatic rings. The molecule has 0 aliphatic rings. The first-order valence-electron chi connectivity index (χ1n) is 7.02. The minimum Gasteiger partial charge on any atom is -0.481 e. The standard InChI is InChI=1S/C11H20O2.C4H6O4/c1-4-11(12)13-9-7-5-6-8-10(2)3;5-3(6)1-2-4(7)8/h4,10H,1,5-9H2,2-3H3;1-2H2,(H,5,6)(H,7,8). The van der Waals surface area contributed by atoms with Gasteiger partial charge in [0.25, 0.3) is 0 Å². The van der Waals surface area contributed by atoms with Gasteiger partial charge in [0, 0.05) is 6.08 Å². The second-order valence-corrected chi connectivity index (χ2v) is 4.90. The van der Waals surface area contributed by atoms with Crippen molar-refractivity contribution in [3.8, 4) is 0 Å². The summed E-state index contributed by atoms with van der Waals surface area (Å²) in [5.74, 6) is -1.70. The number of carboxylic acids is 2. The first kappa shape index (κ1) is 21.4. The maximum atomic E-state index is 10.6. The molecule has 0 atom stereocenters. The predicted octanol–water partition coefficient (Wildman–Crippen LogP) is 2.87. The maximum absolute atomic E-state index is 10.6. The summed E-state index contributed by atoms with van der Waals surface area (Å²) >= 11 is 0. The van der Waals surface area contributed by atoms with E-state index in [1.54, 1.807) is 0 Å². The van der Waals surface area contributed by atoms with Crippen LogP contribution in [0.25, 0.3) is 0 Å². The van der Waals surface area contributed by atoms with Crippen LogP contribution in [-0.2, 0) is 19.1 Å². The number of carbonyl (C=O) groups is 3. The molecule has 0 heterocycles. The van der Waals surface area contributed by atoms with E-state index in [9.17, 15) is 14.4 Å². The number of aliphatic carboxylic acids is 2. The topological polar surface area (TPSA) is 101 Å². The van der Waals surface area contributed by atoms with E-state index >= 15 is 0 Å². The van der Waals surface area contributed by atoms with Crippen LogP contribution in [0.1, 0.15) is 52.4 Å². The zero-order chi connectivity index (χ0) is 16.7. The molecule has 6 heteroatoms. The molecule has 2 N–H and O–H groups in total. The molecule has 0 aliphatic carbocycles. The zero-order valence-electron chi connectivity index (χ0n) is 12.8. The van der Waals surface area contributed by atoms with E-state index in [4.69, 9.17) is 14.9 Å². The van der Waals surface area contributed by atoms with E-state index in [0.717, 1.165) is 18.8 Å². The molecular weight excluding hydrogens is 276 g/mol. The van der Waals surface area contributed by atoms with Crippen LogP contribution in [0.15, 0.2) is 12.7 Å². The molecular formula is C15H26O6. The van der Waals surface area contributed by atoms with Gasteiger partial charge < -0.3 is 14.9 Å². The quantitative estimate of drug-likeness (QED) is 0.365. The van der Waals surface area contributed by atoms with Crippen LogP contribution in [-0.4, -0.2) is 34.7 Å². The fourth-order valence-electron chi connectivity index (χ4n) is 1.28. The van der Waals surface area contributed by atoms with Gasteiger partial charge in [-0.25, -0.2) is 4.79 Å². The molecule has 0 amide bonds. The molecule has 122 valence electrons. The first-order chi connectivity index (χ1) is 9.79. The Balaban J connectivity index is 0. The molecule has 0 rings (SSSR count). The highest BCUT2D eigenvalue weighted by atomic mass is 16.5. The minimum absolute atomic E-state index is 0.296. The number of hydrogen-bond donors (Lipinski definition) is 2. The van der Waals surface area contributed by atoms with Crippen molar-refractivity contribution in [2.24, 2.45) is 5.92 Å². The second-order valence-electron chi connectivity index (χ2n) is 4.90. The largest absolute Gasteiger partial charge is 0.481 e. The lowest BCUT2D eigenvalue weighted by molar-refractivity contribution is -0.143. The van der Waals surface area contributed by atoms with E-state index in [0.29, 0.717) is 6.61 Å². The monoisotopic (exact) mass is 302 g/mol. The van der Waals surface area contributed by atoms with Crippen LogP contribution in [0.2, 0.25) is 0 Å². The summed E-state index contributed by atoms with van der Waals surface area (Å²) in [6, 6.07) is 0. The molecule has 0 aromatic carbocycles. The van der Waals surface area contributed by atoms with Gasteiger partial charge in [-0.3, -0.25) is 9.59 Å². The molecule has 21 heavy (non-hydrogen) atoms. The summed E-state index contributed by atoms with van der Waals surface area (Å²) < 4.78 is 4.84. The lowest BCUT2D eigenvalue weighted by Gasteiger charge is -2.04. The first-order valence-corrected chi connectivity index (χ1v) is 7.02. The van der Waals surface area contributed by atoms with Crippen LogP contribution in [0.5, 0.6) is 0 Å². The Morgan fingerprint density at radius 1 is 1.05 bits per heavy atom. The van der Waals surface area contributed by atoms with Crippen molar-refractivity contribution in [1.29, 1.82) is 0 Å². The third-order valence-electron chi connectivity index (χ3n) is 2.39. The SMILES string of the molecule is C=CC(=O)OCCCCCC(C)C.O=C(O)CCC(=O)O. The third-order valence-corrected chi connectivity index (χ3v) is 2.39. The highest BCUT2D eigenvalue weighted by Gasteiger charge is 2.00. The molecule has 0 radical (unpaired) electrons. The Bertz CT molecular complexity index is 308. The molecule has 0 saturated heterocycles. The Morgan fingerprint density at radius 3 is 1.95 bits per heavy atom. The fraction of sp³-hybridized carbons (Fsp3) is 0.667. The number of carbonyl (C=O) groups excluding carboxylic acids is 1. The smallest absolute Gasteiger partial charge is 0.330 e. The number of unbranched alkanes of at least 4 members (excludes halogenated alkanes) is 2. The van der Waals surface area contributed by atoms with Crippen LogP contribution >= 0.6 is 0 Å². The van der Waals surface area contributed by atoms with Gasteiger partial charge in [-0.2, -0.15) is 0 Å². The Labute approximate surface area is 125 Å². The van der Waals surface area contributed by atoms with Crippen LogP contribution in [0.4, 0.5) is 0 Å². The van der Waals surface area contributed by atoms with Crippen LogP contribution < -0.4 is 0 Å². The predicted molar refractivity (Wildman–Crippen MR) is 79.0 cm³/mol. The van der Waals surface area contributed by atoms with E-state index in [-0.39, 0.29) is 18.8 Å². The summed E-state index contributed by atoms with van der Waals surface area (Å²) in [7, 11) is 0. The van der Waals surface area contributed by atoms with Crippen molar-refractivity contribution in [2.75, 3.05) is 6.61 Å². The van der Waals surface area contributed by atoms with E-state index in [1.807, 2.05) is 0 Å². The number of carboxylic acid groups (broad SMARTS) is 2. The minimum atomic E-state index is -1.08. The third kappa shape index (κ3) is 23.6. The highest BCUT2D eigenvalue weighted by Crippen LogP contribution is 2.07. The Kier molecular flexibility index (Phi) is 14.9. The summed E-state index contributed by atoms with van der Waals surface area (Å²) in [6.45, 7) is 8.29. The lowest BCUT2D eigenvalue weighted by atomic mass is 10.1. The fourth-order valence-corrected chi connectivity index (χ4v) is 1.28. The summed E-state index contributed by atoms with van der Waals surface area (Å²) in [5, 5.41) is 15.8. The molecule has 0 bridgehead atoms. The van der Waals surface area contributed by atoms with Gasteiger partial charge in [-0.15, -0.1) is 0 Å². The Hall–Kier alpha value is -1.85. The van der Waals surface area contributed by atoms with Gasteiger partial charge in [0.15, 0.2) is 0 Å². The second kappa shape index (κ2) is 14.6. The van der Waals surface area contributed by atoms with Crippen molar-refractivity contribution in [3.63, 3.8) is 0 Å².